The van der Waals surface area contributed by atoms with Crippen molar-refractivity contribution in [3.8, 4) is 11.1 Å². The molecule has 1 aromatic heterocycles. The Labute approximate surface area is 127 Å². The molecule has 6 heteroatoms. The molecule has 1 heterocycles. The summed E-state index contributed by atoms with van der Waals surface area (Å²) in [6.45, 7) is 0. The number of nitrogens with one attached hydrogen (secondary N) is 1. The number of sulfonamides is 1. The normalized spacial score (nSPS) is 11.5. The van der Waals surface area contributed by atoms with Crippen molar-refractivity contribution < 1.29 is 12.8 Å². The van der Waals surface area contributed by atoms with Gasteiger partial charge in [-0.15, -0.1) is 0 Å². The van der Waals surface area contributed by atoms with E-state index in [1.165, 1.54) is 0 Å². The van der Waals surface area contributed by atoms with E-state index in [9.17, 15) is 13.2 Å². The van der Waals surface area contributed by atoms with Crippen LogP contribution < -0.4 is 10.3 Å². The molecule has 0 aliphatic heterocycles. The van der Waals surface area contributed by atoms with Gasteiger partial charge in [0.2, 0.25) is 10.0 Å². The van der Waals surface area contributed by atoms with E-state index < -0.39 is 15.6 Å². The highest BCUT2D eigenvalue weighted by molar-refractivity contribution is 7.92. The molecule has 0 unspecified atom stereocenters. The summed E-state index contributed by atoms with van der Waals surface area (Å²) in [5, 5.41) is 0.829. The van der Waals surface area contributed by atoms with Crippen molar-refractivity contribution in [2.24, 2.45) is 0 Å². The van der Waals surface area contributed by atoms with Crippen molar-refractivity contribution in [1.29, 1.82) is 0 Å². The quantitative estimate of drug-likeness (QED) is 0.754. The topological polar surface area (TPSA) is 76.4 Å². The van der Waals surface area contributed by atoms with Crippen molar-refractivity contribution in [3.63, 3.8) is 0 Å². The van der Waals surface area contributed by atoms with Crippen LogP contribution in [0.4, 0.5) is 5.69 Å². The Kier molecular flexibility index (Phi) is 3.46. The van der Waals surface area contributed by atoms with Crippen LogP contribution in [0.2, 0.25) is 0 Å². The minimum Gasteiger partial charge on any atom is -0.422 e. The van der Waals surface area contributed by atoms with Crippen LogP contribution in [-0.4, -0.2) is 14.7 Å². The molecule has 0 spiro atoms. The standard InChI is InChI=1S/C16H13NO4S/c1-22(19,20)17-13-8-6-11(7-9-13)14-10-12-4-2-3-5-15(12)21-16(14)18/h2-10,17H,1H3. The Morgan fingerprint density at radius 3 is 2.36 bits per heavy atom. The average molecular weight is 315 g/mol. The molecule has 0 saturated carbocycles. The molecule has 22 heavy (non-hydrogen) atoms. The third-order valence-electron chi connectivity index (χ3n) is 3.14. The molecule has 2 aromatic carbocycles. The van der Waals surface area contributed by atoms with Gasteiger partial charge in [0, 0.05) is 11.1 Å². The molecule has 0 bridgehead atoms. The second-order valence-electron chi connectivity index (χ2n) is 4.94. The zero-order valence-corrected chi connectivity index (χ0v) is 12.6. The summed E-state index contributed by atoms with van der Waals surface area (Å²) in [4.78, 5) is 12.1. The molecular formula is C16H13NO4S. The molecule has 112 valence electrons. The van der Waals surface area contributed by atoms with E-state index in [-0.39, 0.29) is 0 Å². The Hall–Kier alpha value is -2.60. The van der Waals surface area contributed by atoms with Crippen molar-refractivity contribution >= 4 is 26.7 Å². The van der Waals surface area contributed by atoms with Crippen LogP contribution in [0.25, 0.3) is 22.1 Å². The molecule has 1 N–H and O–H groups in total. The lowest BCUT2D eigenvalue weighted by Crippen LogP contribution is -2.09. The zero-order chi connectivity index (χ0) is 15.7. The van der Waals surface area contributed by atoms with Crippen LogP contribution >= 0.6 is 0 Å². The summed E-state index contributed by atoms with van der Waals surface area (Å²) in [7, 11) is -3.32. The first-order valence-electron chi connectivity index (χ1n) is 6.53. The summed E-state index contributed by atoms with van der Waals surface area (Å²) >= 11 is 0. The van der Waals surface area contributed by atoms with Crippen molar-refractivity contribution in [1.82, 2.24) is 0 Å². The van der Waals surface area contributed by atoms with Gasteiger partial charge in [0.05, 0.1) is 11.8 Å². The maximum atomic E-state index is 12.1. The Balaban J connectivity index is 2.04. The molecule has 5 nitrogen and oxygen atoms in total. The van der Waals surface area contributed by atoms with Crippen molar-refractivity contribution in [2.75, 3.05) is 11.0 Å². The van der Waals surface area contributed by atoms with Gasteiger partial charge in [-0.3, -0.25) is 4.72 Å². The molecule has 0 aliphatic rings. The first-order valence-corrected chi connectivity index (χ1v) is 8.43. The highest BCUT2D eigenvalue weighted by Crippen LogP contribution is 2.22. The van der Waals surface area contributed by atoms with Crippen LogP contribution in [-0.2, 0) is 10.0 Å². The van der Waals surface area contributed by atoms with Gasteiger partial charge in [-0.25, -0.2) is 13.2 Å². The van der Waals surface area contributed by atoms with Crippen LogP contribution in [0.15, 0.2) is 63.8 Å². The highest BCUT2D eigenvalue weighted by Gasteiger charge is 2.08. The molecule has 0 aliphatic carbocycles. The van der Waals surface area contributed by atoms with E-state index >= 15 is 0 Å². The predicted octanol–water partition coefficient (Wildman–Crippen LogP) is 2.83. The van der Waals surface area contributed by atoms with Gasteiger partial charge in [-0.05, 0) is 29.8 Å². The first-order chi connectivity index (χ1) is 10.4. The van der Waals surface area contributed by atoms with Gasteiger partial charge < -0.3 is 4.42 Å². The van der Waals surface area contributed by atoms with Gasteiger partial charge in [0.25, 0.3) is 0 Å². The fraction of sp³-hybridized carbons (Fsp3) is 0.0625. The third kappa shape index (κ3) is 3.01. The Morgan fingerprint density at radius 2 is 1.68 bits per heavy atom. The number of hydrogen-bond donors (Lipinski definition) is 1. The second kappa shape index (κ2) is 5.31. The largest absolute Gasteiger partial charge is 0.422 e. The van der Waals surface area contributed by atoms with E-state index in [4.69, 9.17) is 4.42 Å². The van der Waals surface area contributed by atoms with Gasteiger partial charge >= 0.3 is 5.63 Å². The van der Waals surface area contributed by atoms with Crippen molar-refractivity contribution in [2.45, 2.75) is 0 Å². The van der Waals surface area contributed by atoms with E-state index in [1.54, 1.807) is 42.5 Å². The minimum atomic E-state index is -3.32. The number of hydrogen-bond acceptors (Lipinski definition) is 4. The lowest BCUT2D eigenvalue weighted by molar-refractivity contribution is 0.563. The fourth-order valence-electron chi connectivity index (χ4n) is 2.20. The number of para-hydroxylation sites is 1. The smallest absolute Gasteiger partial charge is 0.344 e. The molecule has 3 aromatic rings. The first kappa shape index (κ1) is 14.3. The number of rotatable bonds is 3. The molecule has 0 radical (unpaired) electrons. The molecular weight excluding hydrogens is 302 g/mol. The van der Waals surface area contributed by atoms with Crippen LogP contribution in [0.5, 0.6) is 0 Å². The SMILES string of the molecule is CS(=O)(=O)Nc1ccc(-c2cc3ccccc3oc2=O)cc1. The van der Waals surface area contributed by atoms with E-state index in [0.717, 1.165) is 11.6 Å². The second-order valence-corrected chi connectivity index (χ2v) is 6.69. The molecule has 0 fully saturated rings. The minimum absolute atomic E-state index is 0.428. The fourth-order valence-corrected chi connectivity index (χ4v) is 2.76. The summed E-state index contributed by atoms with van der Waals surface area (Å²) in [6.07, 6.45) is 1.08. The molecule has 0 atom stereocenters. The van der Waals surface area contributed by atoms with Gasteiger partial charge in [-0.2, -0.15) is 0 Å². The monoisotopic (exact) mass is 315 g/mol. The summed E-state index contributed by atoms with van der Waals surface area (Å²) in [5.41, 5.74) is 1.65. The summed E-state index contributed by atoms with van der Waals surface area (Å²) < 4.78 is 30.0. The number of anilines is 1. The lowest BCUT2D eigenvalue weighted by atomic mass is 10.1. The van der Waals surface area contributed by atoms with Crippen LogP contribution in [0, 0.1) is 0 Å². The molecule has 0 saturated heterocycles. The molecule has 3 rings (SSSR count). The number of benzene rings is 2. The van der Waals surface area contributed by atoms with Crippen LogP contribution in [0.1, 0.15) is 0 Å². The van der Waals surface area contributed by atoms with Crippen molar-refractivity contribution in [3.05, 3.63) is 65.0 Å². The summed E-state index contributed by atoms with van der Waals surface area (Å²) in [6, 6.07) is 15.6. The maximum Gasteiger partial charge on any atom is 0.344 e. The summed E-state index contributed by atoms with van der Waals surface area (Å²) in [5.74, 6) is 0. The Bertz CT molecular complexity index is 989. The van der Waals surface area contributed by atoms with Gasteiger partial charge in [0.1, 0.15) is 5.58 Å². The van der Waals surface area contributed by atoms with E-state index in [0.29, 0.717) is 22.4 Å². The predicted molar refractivity (Wildman–Crippen MR) is 86.4 cm³/mol. The highest BCUT2D eigenvalue weighted by atomic mass is 32.2. The maximum absolute atomic E-state index is 12.1. The van der Waals surface area contributed by atoms with Gasteiger partial charge in [-0.1, -0.05) is 30.3 Å². The van der Waals surface area contributed by atoms with E-state index in [2.05, 4.69) is 4.72 Å². The van der Waals surface area contributed by atoms with Crippen LogP contribution in [0.3, 0.4) is 0 Å². The van der Waals surface area contributed by atoms with Gasteiger partial charge in [0.15, 0.2) is 0 Å². The molecule has 0 amide bonds. The van der Waals surface area contributed by atoms with E-state index in [1.807, 2.05) is 12.1 Å². The Morgan fingerprint density at radius 1 is 1.00 bits per heavy atom. The third-order valence-corrected chi connectivity index (χ3v) is 3.75. The lowest BCUT2D eigenvalue weighted by Gasteiger charge is -2.06. The number of fused-ring (bicyclic) bond motifs is 1. The zero-order valence-electron chi connectivity index (χ0n) is 11.7. The average Bonchev–Trinajstić information content (AvgIpc) is 2.46.